The number of hydrogen-bond donors (Lipinski definition) is 1. The van der Waals surface area contributed by atoms with Gasteiger partial charge in [0.25, 0.3) is 0 Å². The maximum atomic E-state index is 13.1. The molecule has 0 aromatic carbocycles. The molecule has 18 heavy (non-hydrogen) atoms. The molecule has 3 nitrogen and oxygen atoms in total. The summed E-state index contributed by atoms with van der Waals surface area (Å²) in [7, 11) is 0. The van der Waals surface area contributed by atoms with Crippen molar-refractivity contribution in [1.29, 1.82) is 0 Å². The van der Waals surface area contributed by atoms with Crippen molar-refractivity contribution in [3.8, 4) is 0 Å². The molecule has 1 aromatic rings. The minimum Gasteiger partial charge on any atom is -0.392 e. The molecule has 0 saturated heterocycles. The Balaban J connectivity index is 2.06. The number of thiocarbonyl (C=S) groups is 1. The van der Waals surface area contributed by atoms with E-state index in [2.05, 4.69) is 9.88 Å². The summed E-state index contributed by atoms with van der Waals surface area (Å²) in [5.74, 6) is -0.297. The fourth-order valence-corrected chi connectivity index (χ4v) is 2.73. The summed E-state index contributed by atoms with van der Waals surface area (Å²) < 4.78 is 13.1. The molecule has 1 aliphatic carbocycles. The van der Waals surface area contributed by atoms with Crippen LogP contribution in [0, 0.1) is 5.82 Å². The van der Waals surface area contributed by atoms with Crippen molar-refractivity contribution in [2.45, 2.75) is 38.3 Å². The SMILES string of the molecule is NC(=S)CN(Cc1cncc(F)c1)C1CCCC1. The van der Waals surface area contributed by atoms with E-state index < -0.39 is 0 Å². The number of aromatic nitrogens is 1. The predicted octanol–water partition coefficient (Wildman–Crippen LogP) is 2.25. The summed E-state index contributed by atoms with van der Waals surface area (Å²) in [4.78, 5) is 6.61. The molecule has 0 spiro atoms. The quantitative estimate of drug-likeness (QED) is 0.831. The van der Waals surface area contributed by atoms with Crippen molar-refractivity contribution in [1.82, 2.24) is 9.88 Å². The van der Waals surface area contributed by atoms with Crippen molar-refractivity contribution in [2.75, 3.05) is 6.54 Å². The third kappa shape index (κ3) is 3.71. The lowest BCUT2D eigenvalue weighted by molar-refractivity contribution is 0.218. The number of nitrogens with zero attached hydrogens (tertiary/aromatic N) is 2. The Morgan fingerprint density at radius 3 is 2.78 bits per heavy atom. The molecule has 0 radical (unpaired) electrons. The number of rotatable bonds is 5. The largest absolute Gasteiger partial charge is 0.392 e. The molecule has 0 aliphatic heterocycles. The lowest BCUT2D eigenvalue weighted by atomic mass is 10.1. The van der Waals surface area contributed by atoms with Crippen LogP contribution in [0.1, 0.15) is 31.2 Å². The zero-order valence-electron chi connectivity index (χ0n) is 10.3. The molecule has 98 valence electrons. The Morgan fingerprint density at radius 2 is 2.17 bits per heavy atom. The van der Waals surface area contributed by atoms with Gasteiger partial charge in [-0.25, -0.2) is 4.39 Å². The molecule has 0 unspecified atom stereocenters. The first-order chi connectivity index (χ1) is 8.65. The topological polar surface area (TPSA) is 42.1 Å². The van der Waals surface area contributed by atoms with Crippen LogP contribution >= 0.6 is 12.2 Å². The summed E-state index contributed by atoms with van der Waals surface area (Å²) in [5, 5.41) is 0. The standard InChI is InChI=1S/C13H18FN3S/c14-11-5-10(6-16-7-11)8-17(9-13(15)18)12-3-1-2-4-12/h5-7,12H,1-4,8-9H2,(H2,15,18). The van der Waals surface area contributed by atoms with Crippen molar-refractivity contribution >= 4 is 17.2 Å². The molecular formula is C13H18FN3S. The Bertz CT molecular complexity index is 418. The summed E-state index contributed by atoms with van der Waals surface area (Å²) in [6, 6.07) is 2.03. The number of pyridine rings is 1. The summed E-state index contributed by atoms with van der Waals surface area (Å²) >= 11 is 5.00. The number of hydrogen-bond acceptors (Lipinski definition) is 3. The first kappa shape index (κ1) is 13.4. The lowest BCUT2D eigenvalue weighted by Crippen LogP contribution is -2.38. The summed E-state index contributed by atoms with van der Waals surface area (Å²) in [5.41, 5.74) is 6.52. The first-order valence-electron chi connectivity index (χ1n) is 6.27. The summed E-state index contributed by atoms with van der Waals surface area (Å²) in [6.07, 6.45) is 7.76. The smallest absolute Gasteiger partial charge is 0.141 e. The van der Waals surface area contributed by atoms with E-state index in [0.717, 1.165) is 5.56 Å². The second kappa shape index (κ2) is 6.20. The van der Waals surface area contributed by atoms with Gasteiger partial charge in [-0.15, -0.1) is 0 Å². The molecule has 2 rings (SSSR count). The molecule has 0 amide bonds. The fraction of sp³-hybridized carbons (Fsp3) is 0.538. The average Bonchev–Trinajstić information content (AvgIpc) is 2.80. The van der Waals surface area contributed by atoms with E-state index in [1.165, 1.54) is 37.9 Å². The van der Waals surface area contributed by atoms with Gasteiger partial charge in [0, 0.05) is 25.3 Å². The van der Waals surface area contributed by atoms with Crippen LogP contribution in [0.4, 0.5) is 4.39 Å². The fourth-order valence-electron chi connectivity index (χ4n) is 2.56. The van der Waals surface area contributed by atoms with Gasteiger partial charge in [0.1, 0.15) is 5.82 Å². The van der Waals surface area contributed by atoms with Gasteiger partial charge >= 0.3 is 0 Å². The zero-order valence-corrected chi connectivity index (χ0v) is 11.1. The van der Waals surface area contributed by atoms with E-state index >= 15 is 0 Å². The van der Waals surface area contributed by atoms with Gasteiger partial charge < -0.3 is 5.73 Å². The highest BCUT2D eigenvalue weighted by atomic mass is 32.1. The van der Waals surface area contributed by atoms with E-state index in [1.54, 1.807) is 6.20 Å². The second-order valence-corrected chi connectivity index (χ2v) is 5.35. The van der Waals surface area contributed by atoms with Gasteiger partial charge in [-0.3, -0.25) is 9.88 Å². The highest BCUT2D eigenvalue weighted by Crippen LogP contribution is 2.24. The van der Waals surface area contributed by atoms with Crippen LogP contribution in [0.3, 0.4) is 0 Å². The van der Waals surface area contributed by atoms with Gasteiger partial charge in [-0.2, -0.15) is 0 Å². The van der Waals surface area contributed by atoms with Crippen LogP contribution in [0.25, 0.3) is 0 Å². The summed E-state index contributed by atoms with van der Waals surface area (Å²) in [6.45, 7) is 1.25. The maximum Gasteiger partial charge on any atom is 0.141 e. The van der Waals surface area contributed by atoms with E-state index in [4.69, 9.17) is 18.0 Å². The van der Waals surface area contributed by atoms with Crippen molar-refractivity contribution in [3.63, 3.8) is 0 Å². The monoisotopic (exact) mass is 267 g/mol. The Hall–Kier alpha value is -1.07. The minimum absolute atomic E-state index is 0.297. The number of halogens is 1. The maximum absolute atomic E-state index is 13.1. The van der Waals surface area contributed by atoms with Gasteiger partial charge in [0.05, 0.1) is 11.2 Å². The van der Waals surface area contributed by atoms with Crippen LogP contribution in [-0.2, 0) is 6.54 Å². The highest BCUT2D eigenvalue weighted by molar-refractivity contribution is 7.80. The second-order valence-electron chi connectivity index (χ2n) is 4.82. The van der Waals surface area contributed by atoms with Crippen LogP contribution < -0.4 is 5.73 Å². The van der Waals surface area contributed by atoms with E-state index in [-0.39, 0.29) is 5.82 Å². The molecule has 0 atom stereocenters. The van der Waals surface area contributed by atoms with Crippen molar-refractivity contribution < 1.29 is 4.39 Å². The lowest BCUT2D eigenvalue weighted by Gasteiger charge is -2.28. The minimum atomic E-state index is -0.297. The molecule has 5 heteroatoms. The molecule has 2 N–H and O–H groups in total. The zero-order chi connectivity index (χ0) is 13.0. The molecule has 1 saturated carbocycles. The predicted molar refractivity (Wildman–Crippen MR) is 73.6 cm³/mol. The van der Waals surface area contributed by atoms with Crippen LogP contribution in [0.2, 0.25) is 0 Å². The third-order valence-corrected chi connectivity index (χ3v) is 3.48. The highest BCUT2D eigenvalue weighted by Gasteiger charge is 2.23. The van der Waals surface area contributed by atoms with E-state index in [9.17, 15) is 4.39 Å². The Morgan fingerprint density at radius 1 is 1.44 bits per heavy atom. The normalized spacial score (nSPS) is 16.3. The van der Waals surface area contributed by atoms with Gasteiger partial charge in [0.2, 0.25) is 0 Å². The van der Waals surface area contributed by atoms with Crippen LogP contribution in [0.5, 0.6) is 0 Å². The third-order valence-electron chi connectivity index (χ3n) is 3.35. The number of nitrogens with two attached hydrogens (primary N) is 1. The van der Waals surface area contributed by atoms with Crippen molar-refractivity contribution in [3.05, 3.63) is 29.8 Å². The molecule has 1 aliphatic rings. The molecule has 0 bridgehead atoms. The van der Waals surface area contributed by atoms with E-state index in [1.807, 2.05) is 0 Å². The van der Waals surface area contributed by atoms with Gasteiger partial charge in [0.15, 0.2) is 0 Å². The molecular weight excluding hydrogens is 249 g/mol. The Labute approximate surface area is 112 Å². The van der Waals surface area contributed by atoms with Crippen LogP contribution in [0.15, 0.2) is 18.5 Å². The van der Waals surface area contributed by atoms with Gasteiger partial charge in [-0.1, -0.05) is 25.1 Å². The average molecular weight is 267 g/mol. The van der Waals surface area contributed by atoms with Crippen LogP contribution in [-0.4, -0.2) is 27.5 Å². The first-order valence-corrected chi connectivity index (χ1v) is 6.68. The Kier molecular flexibility index (Phi) is 4.60. The van der Waals surface area contributed by atoms with Gasteiger partial charge in [-0.05, 0) is 24.5 Å². The molecule has 1 fully saturated rings. The van der Waals surface area contributed by atoms with E-state index in [0.29, 0.717) is 24.1 Å². The molecule has 1 heterocycles. The molecule has 1 aromatic heterocycles. The van der Waals surface area contributed by atoms with Crippen molar-refractivity contribution in [2.24, 2.45) is 5.73 Å².